The van der Waals surface area contributed by atoms with E-state index in [0.717, 1.165) is 24.3 Å². The van der Waals surface area contributed by atoms with E-state index in [2.05, 4.69) is 11.4 Å². The molecule has 1 fully saturated rings. The number of thiophene rings is 2. The molecular formula is C16H19N3O2S2. The summed E-state index contributed by atoms with van der Waals surface area (Å²) in [4.78, 5) is 28.1. The molecule has 0 spiro atoms. The minimum atomic E-state index is -0.604. The lowest BCUT2D eigenvalue weighted by Crippen LogP contribution is -2.37. The average molecular weight is 349 g/mol. The minimum Gasteiger partial charge on any atom is -0.352 e. The largest absolute Gasteiger partial charge is 0.352 e. The Morgan fingerprint density at radius 2 is 2.09 bits per heavy atom. The fourth-order valence-electron chi connectivity index (χ4n) is 3.02. The second-order valence-electron chi connectivity index (χ2n) is 5.54. The molecule has 3 rings (SSSR count). The summed E-state index contributed by atoms with van der Waals surface area (Å²) in [6.45, 7) is 0.773. The highest BCUT2D eigenvalue weighted by atomic mass is 32.1. The molecule has 0 aromatic carbocycles. The second-order valence-corrected chi connectivity index (χ2v) is 7.50. The molecule has 3 heterocycles. The Bertz CT molecular complexity index is 655. The Morgan fingerprint density at radius 1 is 1.30 bits per heavy atom. The average Bonchev–Trinajstić information content (AvgIpc) is 3.25. The fourth-order valence-corrected chi connectivity index (χ4v) is 4.67. The number of rotatable bonds is 5. The molecule has 2 atom stereocenters. The first-order chi connectivity index (χ1) is 11.1. The topological polar surface area (TPSA) is 75.4 Å². The van der Waals surface area contributed by atoms with Crippen LogP contribution < -0.4 is 11.1 Å². The van der Waals surface area contributed by atoms with Crippen LogP contribution in [0.2, 0.25) is 0 Å². The summed E-state index contributed by atoms with van der Waals surface area (Å²) in [5.41, 5.74) is 5.26. The van der Waals surface area contributed by atoms with Crippen molar-refractivity contribution < 1.29 is 9.59 Å². The van der Waals surface area contributed by atoms with Crippen molar-refractivity contribution in [1.29, 1.82) is 0 Å². The lowest BCUT2D eigenvalue weighted by molar-refractivity contribution is -0.132. The SMILES string of the molecule is NC(=O)N[C@@H](CC(=O)N1CCC[C@@H]1c1cccs1)c1cccs1. The number of carbonyl (C=O) groups is 2. The van der Waals surface area contributed by atoms with E-state index in [9.17, 15) is 9.59 Å². The fraction of sp³-hybridized carbons (Fsp3) is 0.375. The van der Waals surface area contributed by atoms with Crippen molar-refractivity contribution in [2.24, 2.45) is 5.73 Å². The van der Waals surface area contributed by atoms with E-state index >= 15 is 0 Å². The molecule has 0 radical (unpaired) electrons. The van der Waals surface area contributed by atoms with Crippen molar-refractivity contribution >= 4 is 34.6 Å². The van der Waals surface area contributed by atoms with Gasteiger partial charge in [0.25, 0.3) is 0 Å². The standard InChI is InChI=1S/C16H19N3O2S2/c17-16(21)18-11(13-5-2-8-22-13)10-15(20)19-7-1-4-12(19)14-6-3-9-23-14/h2-3,5-6,8-9,11-12H,1,4,7,10H2,(H3,17,18,21)/t11-,12+/m0/s1. The zero-order valence-corrected chi connectivity index (χ0v) is 14.2. The number of hydrogen-bond acceptors (Lipinski definition) is 4. The summed E-state index contributed by atoms with van der Waals surface area (Å²) in [5.74, 6) is 0.0630. The third-order valence-electron chi connectivity index (χ3n) is 4.03. The third kappa shape index (κ3) is 3.73. The molecular weight excluding hydrogens is 330 g/mol. The maximum atomic E-state index is 12.8. The highest BCUT2D eigenvalue weighted by molar-refractivity contribution is 7.10. The van der Waals surface area contributed by atoms with Crippen LogP contribution in [0.1, 0.15) is 41.1 Å². The molecule has 2 aromatic rings. The number of likely N-dealkylation sites (tertiary alicyclic amines) is 1. The Hall–Kier alpha value is -1.86. The third-order valence-corrected chi connectivity index (χ3v) is 5.99. The Kier molecular flexibility index (Phi) is 4.97. The lowest BCUT2D eigenvalue weighted by Gasteiger charge is -2.26. The van der Waals surface area contributed by atoms with E-state index in [0.29, 0.717) is 0 Å². The van der Waals surface area contributed by atoms with Crippen molar-refractivity contribution in [2.45, 2.75) is 31.3 Å². The zero-order chi connectivity index (χ0) is 16.2. The van der Waals surface area contributed by atoms with Crippen molar-refractivity contribution in [3.8, 4) is 0 Å². The quantitative estimate of drug-likeness (QED) is 0.869. The number of nitrogens with one attached hydrogen (secondary N) is 1. The van der Waals surface area contributed by atoms with Crippen LogP contribution in [0.25, 0.3) is 0 Å². The van der Waals surface area contributed by atoms with Gasteiger partial charge in [0.05, 0.1) is 18.5 Å². The molecule has 1 aliphatic rings. The highest BCUT2D eigenvalue weighted by Gasteiger charge is 2.32. The molecule has 2 aromatic heterocycles. The van der Waals surface area contributed by atoms with Gasteiger partial charge in [-0.2, -0.15) is 0 Å². The number of urea groups is 1. The normalized spacial score (nSPS) is 18.8. The van der Waals surface area contributed by atoms with Gasteiger partial charge in [-0.25, -0.2) is 4.79 Å². The van der Waals surface area contributed by atoms with Gasteiger partial charge in [-0.15, -0.1) is 22.7 Å². The number of hydrogen-bond donors (Lipinski definition) is 2. The van der Waals surface area contributed by atoms with Crippen LogP contribution in [0, 0.1) is 0 Å². The Balaban J connectivity index is 1.72. The van der Waals surface area contributed by atoms with E-state index in [1.807, 2.05) is 33.9 Å². The smallest absolute Gasteiger partial charge is 0.312 e. The Labute approximate surface area is 143 Å². The van der Waals surface area contributed by atoms with E-state index < -0.39 is 6.03 Å². The number of primary amides is 1. The van der Waals surface area contributed by atoms with Crippen molar-refractivity contribution in [2.75, 3.05) is 6.54 Å². The number of nitrogens with two attached hydrogens (primary N) is 1. The summed E-state index contributed by atoms with van der Waals surface area (Å²) in [6, 6.07) is 7.13. The molecule has 23 heavy (non-hydrogen) atoms. The van der Waals surface area contributed by atoms with E-state index in [-0.39, 0.29) is 24.4 Å². The minimum absolute atomic E-state index is 0.0630. The molecule has 0 saturated carbocycles. The molecule has 3 amide bonds. The summed E-state index contributed by atoms with van der Waals surface area (Å²) in [7, 11) is 0. The first kappa shape index (κ1) is 16.0. The van der Waals surface area contributed by atoms with Crippen molar-refractivity contribution in [3.63, 3.8) is 0 Å². The summed E-state index contributed by atoms with van der Waals surface area (Å²) in [5, 5.41) is 6.66. The molecule has 122 valence electrons. The summed E-state index contributed by atoms with van der Waals surface area (Å²) >= 11 is 3.20. The number of nitrogens with zero attached hydrogens (tertiary/aromatic N) is 1. The molecule has 3 N–H and O–H groups in total. The molecule has 1 aliphatic heterocycles. The summed E-state index contributed by atoms with van der Waals surface area (Å²) < 4.78 is 0. The van der Waals surface area contributed by atoms with Crippen LogP contribution in [-0.2, 0) is 4.79 Å². The molecule has 7 heteroatoms. The summed E-state index contributed by atoms with van der Waals surface area (Å²) in [6.07, 6.45) is 2.26. The molecule has 0 bridgehead atoms. The van der Waals surface area contributed by atoms with Crippen molar-refractivity contribution in [1.82, 2.24) is 10.2 Å². The van der Waals surface area contributed by atoms with Crippen LogP contribution in [0.4, 0.5) is 4.79 Å². The van der Waals surface area contributed by atoms with E-state index in [1.54, 1.807) is 11.3 Å². The molecule has 0 unspecified atom stereocenters. The monoisotopic (exact) mass is 349 g/mol. The van der Waals surface area contributed by atoms with Gasteiger partial charge in [-0.1, -0.05) is 12.1 Å². The number of amides is 3. The van der Waals surface area contributed by atoms with E-state index in [1.165, 1.54) is 16.2 Å². The predicted octanol–water partition coefficient (Wildman–Crippen LogP) is 3.27. The maximum absolute atomic E-state index is 12.8. The molecule has 5 nitrogen and oxygen atoms in total. The zero-order valence-electron chi connectivity index (χ0n) is 12.6. The van der Waals surface area contributed by atoms with Gasteiger partial charge >= 0.3 is 6.03 Å². The van der Waals surface area contributed by atoms with E-state index in [4.69, 9.17) is 5.73 Å². The van der Waals surface area contributed by atoms with Gasteiger partial charge in [0, 0.05) is 16.3 Å². The predicted molar refractivity (Wildman–Crippen MR) is 92.4 cm³/mol. The Morgan fingerprint density at radius 3 is 2.74 bits per heavy atom. The van der Waals surface area contributed by atoms with Gasteiger partial charge in [0.15, 0.2) is 0 Å². The first-order valence-corrected chi connectivity index (χ1v) is 9.33. The van der Waals surface area contributed by atoms with Gasteiger partial charge in [-0.3, -0.25) is 4.79 Å². The van der Waals surface area contributed by atoms with Crippen LogP contribution in [0.5, 0.6) is 0 Å². The number of carbonyl (C=O) groups excluding carboxylic acids is 2. The van der Waals surface area contributed by atoms with Crippen LogP contribution >= 0.6 is 22.7 Å². The highest BCUT2D eigenvalue weighted by Crippen LogP contribution is 2.35. The second kappa shape index (κ2) is 7.14. The van der Waals surface area contributed by atoms with Crippen LogP contribution in [-0.4, -0.2) is 23.4 Å². The van der Waals surface area contributed by atoms with Gasteiger partial charge in [0.1, 0.15) is 0 Å². The lowest BCUT2D eigenvalue weighted by atomic mass is 10.1. The van der Waals surface area contributed by atoms with Crippen LogP contribution in [0.15, 0.2) is 35.0 Å². The molecule has 1 saturated heterocycles. The van der Waals surface area contributed by atoms with Crippen LogP contribution in [0.3, 0.4) is 0 Å². The van der Waals surface area contributed by atoms with Gasteiger partial charge in [-0.05, 0) is 35.7 Å². The maximum Gasteiger partial charge on any atom is 0.312 e. The van der Waals surface area contributed by atoms with Gasteiger partial charge < -0.3 is 16.0 Å². The first-order valence-electron chi connectivity index (χ1n) is 7.57. The van der Waals surface area contributed by atoms with Gasteiger partial charge in [0.2, 0.25) is 5.91 Å². The molecule has 0 aliphatic carbocycles. The van der Waals surface area contributed by atoms with Crippen molar-refractivity contribution in [3.05, 3.63) is 44.8 Å².